The Morgan fingerprint density at radius 3 is 2.14 bits per heavy atom. The summed E-state index contributed by atoms with van der Waals surface area (Å²) < 4.78 is 0. The van der Waals surface area contributed by atoms with E-state index in [2.05, 4.69) is 65.4 Å². The van der Waals surface area contributed by atoms with Gasteiger partial charge in [0.2, 0.25) is 0 Å². The molecule has 0 bridgehead atoms. The van der Waals surface area contributed by atoms with Gasteiger partial charge in [0.15, 0.2) is 0 Å². The Bertz CT molecular complexity index is 574. The molecule has 114 valence electrons. The Hall–Kier alpha value is -1.08. The molecule has 1 aromatic carbocycles. The predicted molar refractivity (Wildman–Crippen MR) is 97.9 cm³/mol. The van der Waals surface area contributed by atoms with Gasteiger partial charge in [-0.2, -0.15) is 0 Å². The smallest absolute Gasteiger partial charge is 0.0484 e. The summed E-state index contributed by atoms with van der Waals surface area (Å²) in [6.45, 7) is 14.1. The van der Waals surface area contributed by atoms with E-state index in [-0.39, 0.29) is 14.9 Å². The van der Waals surface area contributed by atoms with Crippen LogP contribution < -0.4 is 0 Å². The number of rotatable bonds is 5. The first-order valence-corrected chi connectivity index (χ1v) is 10.6. The van der Waals surface area contributed by atoms with Crippen LogP contribution in [0.5, 0.6) is 0 Å². The number of benzene rings is 1. The molecule has 0 radical (unpaired) electrons. The topological polar surface area (TPSA) is 0 Å². The van der Waals surface area contributed by atoms with Gasteiger partial charge >= 0.3 is 0 Å². The van der Waals surface area contributed by atoms with E-state index in [0.717, 1.165) is 0 Å². The van der Waals surface area contributed by atoms with Gasteiger partial charge in [-0.1, -0.05) is 60.5 Å². The van der Waals surface area contributed by atoms with Crippen LogP contribution in [0.1, 0.15) is 58.6 Å². The molecular formula is C20H30Si. The zero-order valence-corrected chi connectivity index (χ0v) is 16.1. The van der Waals surface area contributed by atoms with E-state index in [9.17, 15) is 0 Å². The molecule has 0 amide bonds. The Balaban J connectivity index is 2.40. The largest absolute Gasteiger partial charge is 0.0712 e. The van der Waals surface area contributed by atoms with Crippen molar-refractivity contribution in [1.82, 2.24) is 0 Å². The maximum atomic E-state index is 2.44. The van der Waals surface area contributed by atoms with Gasteiger partial charge in [-0.05, 0) is 57.2 Å². The van der Waals surface area contributed by atoms with Crippen LogP contribution in [0.4, 0.5) is 0 Å². The molecule has 0 saturated heterocycles. The van der Waals surface area contributed by atoms with Gasteiger partial charge in [0.25, 0.3) is 0 Å². The summed E-state index contributed by atoms with van der Waals surface area (Å²) >= 11 is 0. The van der Waals surface area contributed by atoms with E-state index in [1.54, 1.807) is 16.3 Å². The molecule has 0 nitrogen and oxygen atoms in total. The molecule has 0 fully saturated rings. The average Bonchev–Trinajstić information content (AvgIpc) is 2.67. The minimum atomic E-state index is -0.154. The number of hydrogen-bond acceptors (Lipinski definition) is 0. The second-order valence-corrected chi connectivity index (χ2v) is 8.05. The molecule has 1 aliphatic rings. The normalized spacial score (nSPS) is 23.0. The highest BCUT2D eigenvalue weighted by Crippen LogP contribution is 2.48. The molecule has 1 aliphatic carbocycles. The molecule has 0 heterocycles. The Kier molecular flexibility index (Phi) is 4.93. The lowest BCUT2D eigenvalue weighted by molar-refractivity contribution is 0.695. The van der Waals surface area contributed by atoms with Crippen molar-refractivity contribution in [1.29, 1.82) is 0 Å². The standard InChI is InChI=1S/C20H30Si/c1-7-8-9-17-10-12-18(13-11-17)20(5)16(4)14(2)15(3)19(20)21-6/h10-13H,7-9,21H2,1-6H3. The lowest BCUT2D eigenvalue weighted by Crippen LogP contribution is -2.26. The van der Waals surface area contributed by atoms with Crippen LogP contribution in [-0.2, 0) is 11.8 Å². The summed E-state index contributed by atoms with van der Waals surface area (Å²) in [6, 6.07) is 9.46. The monoisotopic (exact) mass is 298 g/mol. The SMILES string of the molecule is CCCCc1ccc(C2(C)C(C)=C(C)C(C)=C2[SiH2]C)cc1. The highest BCUT2D eigenvalue weighted by atomic mass is 28.2. The minimum Gasteiger partial charge on any atom is -0.0712 e. The maximum Gasteiger partial charge on any atom is 0.0484 e. The zero-order valence-electron chi connectivity index (χ0n) is 14.6. The van der Waals surface area contributed by atoms with Crippen LogP contribution in [0, 0.1) is 0 Å². The fourth-order valence-corrected chi connectivity index (χ4v) is 5.85. The first-order valence-electron chi connectivity index (χ1n) is 8.44. The fraction of sp³-hybridized carbons (Fsp3) is 0.500. The predicted octanol–water partition coefficient (Wildman–Crippen LogP) is 5.13. The summed E-state index contributed by atoms with van der Waals surface area (Å²) in [7, 11) is -0.154. The molecule has 0 spiro atoms. The van der Waals surface area contributed by atoms with E-state index >= 15 is 0 Å². The summed E-state index contributed by atoms with van der Waals surface area (Å²) in [5, 5.41) is 1.74. The van der Waals surface area contributed by atoms with Gasteiger partial charge in [-0.25, -0.2) is 0 Å². The van der Waals surface area contributed by atoms with Crippen LogP contribution in [-0.4, -0.2) is 9.52 Å². The van der Waals surface area contributed by atoms with Gasteiger partial charge in [0, 0.05) is 14.9 Å². The highest BCUT2D eigenvalue weighted by Gasteiger charge is 2.38. The number of hydrogen-bond donors (Lipinski definition) is 0. The molecule has 1 atom stereocenters. The quantitative estimate of drug-likeness (QED) is 0.661. The maximum absolute atomic E-state index is 2.44. The second-order valence-electron chi connectivity index (χ2n) is 6.63. The van der Waals surface area contributed by atoms with Crippen LogP contribution in [0.2, 0.25) is 6.55 Å². The van der Waals surface area contributed by atoms with Crippen molar-refractivity contribution in [2.75, 3.05) is 0 Å². The second kappa shape index (κ2) is 6.35. The number of unbranched alkanes of at least 4 members (excludes halogenated alkanes) is 1. The van der Waals surface area contributed by atoms with E-state index in [0.29, 0.717) is 0 Å². The molecule has 1 heteroatoms. The van der Waals surface area contributed by atoms with Gasteiger partial charge < -0.3 is 0 Å². The average molecular weight is 299 g/mol. The third-order valence-corrected chi connectivity index (χ3v) is 7.58. The Morgan fingerprint density at radius 2 is 1.62 bits per heavy atom. The van der Waals surface area contributed by atoms with E-state index in [4.69, 9.17) is 0 Å². The molecule has 21 heavy (non-hydrogen) atoms. The lowest BCUT2D eigenvalue weighted by atomic mass is 9.77. The first kappa shape index (κ1) is 16.3. The summed E-state index contributed by atoms with van der Waals surface area (Å²) in [6.07, 6.45) is 3.78. The third-order valence-electron chi connectivity index (χ3n) is 5.64. The summed E-state index contributed by atoms with van der Waals surface area (Å²) in [5.41, 5.74) is 7.79. The van der Waals surface area contributed by atoms with E-state index in [1.807, 2.05) is 0 Å². The van der Waals surface area contributed by atoms with Crippen molar-refractivity contribution in [3.05, 3.63) is 57.3 Å². The van der Waals surface area contributed by atoms with E-state index < -0.39 is 0 Å². The van der Waals surface area contributed by atoms with Crippen LogP contribution in [0.15, 0.2) is 46.2 Å². The molecular weight excluding hydrogens is 268 g/mol. The highest BCUT2D eigenvalue weighted by molar-refractivity contribution is 6.45. The zero-order chi connectivity index (χ0) is 15.6. The molecule has 0 aliphatic heterocycles. The van der Waals surface area contributed by atoms with Crippen molar-refractivity contribution >= 4 is 9.52 Å². The van der Waals surface area contributed by atoms with Crippen molar-refractivity contribution in [3.8, 4) is 0 Å². The Morgan fingerprint density at radius 1 is 1.00 bits per heavy atom. The summed E-state index contributed by atoms with van der Waals surface area (Å²) in [5.74, 6) is 0. The summed E-state index contributed by atoms with van der Waals surface area (Å²) in [4.78, 5) is 0. The van der Waals surface area contributed by atoms with Crippen molar-refractivity contribution in [2.24, 2.45) is 0 Å². The van der Waals surface area contributed by atoms with Gasteiger partial charge in [0.05, 0.1) is 0 Å². The van der Waals surface area contributed by atoms with Gasteiger partial charge in [-0.15, -0.1) is 0 Å². The Labute approximate surface area is 133 Å². The molecule has 0 saturated carbocycles. The van der Waals surface area contributed by atoms with E-state index in [1.165, 1.54) is 36.0 Å². The van der Waals surface area contributed by atoms with Gasteiger partial charge in [0.1, 0.15) is 0 Å². The minimum absolute atomic E-state index is 0.154. The molecule has 1 aromatic rings. The molecule has 1 unspecified atom stereocenters. The van der Waals surface area contributed by atoms with Crippen molar-refractivity contribution < 1.29 is 0 Å². The lowest BCUT2D eigenvalue weighted by Gasteiger charge is -2.31. The van der Waals surface area contributed by atoms with Crippen LogP contribution in [0.3, 0.4) is 0 Å². The molecule has 0 N–H and O–H groups in total. The third kappa shape index (κ3) is 2.68. The van der Waals surface area contributed by atoms with Crippen molar-refractivity contribution in [2.45, 2.75) is 65.8 Å². The van der Waals surface area contributed by atoms with Crippen LogP contribution >= 0.6 is 0 Å². The first-order chi connectivity index (χ1) is 9.96. The number of aryl methyl sites for hydroxylation is 1. The number of allylic oxidation sites excluding steroid dienone is 4. The molecule has 2 rings (SSSR count). The van der Waals surface area contributed by atoms with Gasteiger partial charge in [-0.3, -0.25) is 0 Å². The van der Waals surface area contributed by atoms with Crippen LogP contribution in [0.25, 0.3) is 0 Å². The fourth-order valence-electron chi connectivity index (χ4n) is 3.88. The van der Waals surface area contributed by atoms with Crippen molar-refractivity contribution in [3.63, 3.8) is 0 Å². The molecule has 0 aromatic heterocycles.